The van der Waals surface area contributed by atoms with E-state index < -0.39 is 16.1 Å². The average molecular weight is 488 g/mol. The number of sulfonamides is 1. The third kappa shape index (κ3) is 5.57. The first kappa shape index (κ1) is 24.2. The van der Waals surface area contributed by atoms with E-state index in [1.165, 1.54) is 29.2 Å². The third-order valence-corrected chi connectivity index (χ3v) is 7.55. The number of amides is 2. The Labute approximate surface area is 199 Å². The second-order valence-electron chi connectivity index (χ2n) is 8.39. The van der Waals surface area contributed by atoms with E-state index in [1.54, 1.807) is 31.4 Å². The molecule has 2 atom stereocenters. The molecular weight excluding hydrogens is 458 g/mol. The van der Waals surface area contributed by atoms with Gasteiger partial charge in [-0.3, -0.25) is 9.59 Å². The fraction of sp³-hybridized carbons (Fsp3) is 0.417. The SMILES string of the molecule is COc1ccc(NC(=O)C2CCCN2C(=O)c2ccc(S(=O)(=O)NCC3CCCO3)cc2)cc1. The maximum absolute atomic E-state index is 13.1. The number of likely N-dealkylation sites (tertiary alicyclic amines) is 1. The fourth-order valence-electron chi connectivity index (χ4n) is 4.22. The van der Waals surface area contributed by atoms with Gasteiger partial charge in [0.1, 0.15) is 11.8 Å². The highest BCUT2D eigenvalue weighted by Gasteiger charge is 2.34. The summed E-state index contributed by atoms with van der Waals surface area (Å²) in [7, 11) is -2.13. The Hall–Kier alpha value is -2.95. The Bertz CT molecular complexity index is 1110. The predicted octanol–water partition coefficient (Wildman–Crippen LogP) is 2.40. The van der Waals surface area contributed by atoms with Gasteiger partial charge in [0.15, 0.2) is 0 Å². The van der Waals surface area contributed by atoms with E-state index in [0.29, 0.717) is 43.0 Å². The van der Waals surface area contributed by atoms with Crippen molar-refractivity contribution in [2.45, 2.75) is 42.7 Å². The van der Waals surface area contributed by atoms with Crippen LogP contribution in [-0.4, -0.2) is 64.1 Å². The monoisotopic (exact) mass is 487 g/mol. The van der Waals surface area contributed by atoms with Gasteiger partial charge in [-0.05, 0) is 74.2 Å². The summed E-state index contributed by atoms with van der Waals surface area (Å²) >= 11 is 0. The zero-order valence-electron chi connectivity index (χ0n) is 19.0. The molecule has 2 unspecified atom stereocenters. The van der Waals surface area contributed by atoms with Crippen LogP contribution in [0.5, 0.6) is 5.75 Å². The van der Waals surface area contributed by atoms with E-state index in [1.807, 2.05) is 0 Å². The lowest BCUT2D eigenvalue weighted by atomic mass is 10.1. The minimum absolute atomic E-state index is 0.0808. The molecule has 2 saturated heterocycles. The molecule has 182 valence electrons. The highest BCUT2D eigenvalue weighted by molar-refractivity contribution is 7.89. The number of hydrogen-bond acceptors (Lipinski definition) is 6. The fourth-order valence-corrected chi connectivity index (χ4v) is 5.28. The van der Waals surface area contributed by atoms with Crippen LogP contribution in [0.4, 0.5) is 5.69 Å². The van der Waals surface area contributed by atoms with Gasteiger partial charge in [0.2, 0.25) is 15.9 Å². The van der Waals surface area contributed by atoms with E-state index in [2.05, 4.69) is 10.0 Å². The second kappa shape index (κ2) is 10.5. The molecule has 0 aliphatic carbocycles. The molecule has 0 bridgehead atoms. The molecular formula is C24H29N3O6S. The van der Waals surface area contributed by atoms with E-state index in [0.717, 1.165) is 12.8 Å². The Morgan fingerprint density at radius 2 is 1.79 bits per heavy atom. The normalized spacial score (nSPS) is 20.3. The van der Waals surface area contributed by atoms with Crippen molar-refractivity contribution in [2.24, 2.45) is 0 Å². The molecule has 2 fully saturated rings. The molecule has 0 radical (unpaired) electrons. The van der Waals surface area contributed by atoms with Crippen LogP contribution in [0.3, 0.4) is 0 Å². The number of rotatable bonds is 8. The van der Waals surface area contributed by atoms with Crippen LogP contribution in [0, 0.1) is 0 Å². The summed E-state index contributed by atoms with van der Waals surface area (Å²) in [5.74, 6) is 0.125. The second-order valence-corrected chi connectivity index (χ2v) is 10.2. The molecule has 10 heteroatoms. The molecule has 2 heterocycles. The zero-order chi connectivity index (χ0) is 24.1. The van der Waals surface area contributed by atoms with Crippen molar-refractivity contribution in [3.8, 4) is 5.75 Å². The van der Waals surface area contributed by atoms with Gasteiger partial charge in [0, 0.05) is 30.9 Å². The first-order chi connectivity index (χ1) is 16.4. The van der Waals surface area contributed by atoms with Crippen LogP contribution in [0.2, 0.25) is 0 Å². The highest BCUT2D eigenvalue weighted by atomic mass is 32.2. The van der Waals surface area contributed by atoms with Gasteiger partial charge in [-0.25, -0.2) is 13.1 Å². The van der Waals surface area contributed by atoms with Crippen LogP contribution < -0.4 is 14.8 Å². The first-order valence-corrected chi connectivity index (χ1v) is 12.8. The maximum atomic E-state index is 13.1. The van der Waals surface area contributed by atoms with Crippen molar-refractivity contribution < 1.29 is 27.5 Å². The molecule has 0 saturated carbocycles. The molecule has 2 amide bonds. The summed E-state index contributed by atoms with van der Waals surface area (Å²) in [6, 6.07) is 12.2. The minimum Gasteiger partial charge on any atom is -0.497 e. The van der Waals surface area contributed by atoms with Crippen molar-refractivity contribution in [2.75, 3.05) is 32.1 Å². The summed E-state index contributed by atoms with van der Waals surface area (Å²) in [4.78, 5) is 27.6. The number of benzene rings is 2. The molecule has 2 aromatic carbocycles. The number of ether oxygens (including phenoxy) is 2. The van der Waals surface area contributed by atoms with E-state index in [4.69, 9.17) is 9.47 Å². The van der Waals surface area contributed by atoms with Crippen molar-refractivity contribution in [1.29, 1.82) is 0 Å². The zero-order valence-corrected chi connectivity index (χ0v) is 19.8. The van der Waals surface area contributed by atoms with Gasteiger partial charge < -0.3 is 19.7 Å². The third-order valence-electron chi connectivity index (χ3n) is 6.11. The van der Waals surface area contributed by atoms with E-state index in [9.17, 15) is 18.0 Å². The molecule has 2 aliphatic rings. The lowest BCUT2D eigenvalue weighted by Gasteiger charge is -2.24. The lowest BCUT2D eigenvalue weighted by Crippen LogP contribution is -2.43. The smallest absolute Gasteiger partial charge is 0.254 e. The van der Waals surface area contributed by atoms with Crippen LogP contribution in [-0.2, 0) is 19.6 Å². The summed E-state index contributed by atoms with van der Waals surface area (Å²) in [5, 5.41) is 2.85. The molecule has 2 aromatic rings. The van der Waals surface area contributed by atoms with Gasteiger partial charge >= 0.3 is 0 Å². The van der Waals surface area contributed by atoms with Crippen molar-refractivity contribution in [3.05, 3.63) is 54.1 Å². The Kier molecular flexibility index (Phi) is 7.50. The predicted molar refractivity (Wildman–Crippen MR) is 126 cm³/mol. The molecule has 9 nitrogen and oxygen atoms in total. The molecule has 0 spiro atoms. The van der Waals surface area contributed by atoms with Gasteiger partial charge in [0.25, 0.3) is 5.91 Å². The van der Waals surface area contributed by atoms with Crippen LogP contribution in [0.15, 0.2) is 53.4 Å². The number of carbonyl (C=O) groups excluding carboxylic acids is 2. The van der Waals surface area contributed by atoms with Crippen molar-refractivity contribution >= 4 is 27.5 Å². The summed E-state index contributed by atoms with van der Waals surface area (Å²) in [6.07, 6.45) is 2.93. The Balaban J connectivity index is 1.39. The molecule has 4 rings (SSSR count). The summed E-state index contributed by atoms with van der Waals surface area (Å²) in [6.45, 7) is 1.34. The average Bonchev–Trinajstić information content (AvgIpc) is 3.55. The highest BCUT2D eigenvalue weighted by Crippen LogP contribution is 2.23. The van der Waals surface area contributed by atoms with Crippen LogP contribution >= 0.6 is 0 Å². The van der Waals surface area contributed by atoms with Gasteiger partial charge in [0.05, 0.1) is 18.1 Å². The summed E-state index contributed by atoms with van der Waals surface area (Å²) < 4.78 is 38.3. The number of nitrogens with zero attached hydrogens (tertiary/aromatic N) is 1. The standard InChI is InChI=1S/C24H29N3O6S/c1-32-19-10-8-18(9-11-19)26-23(28)22-5-2-14-27(22)24(29)17-6-12-21(13-7-17)34(30,31)25-16-20-4-3-15-33-20/h6-13,20,22,25H,2-5,14-16H2,1H3,(H,26,28). The van der Waals surface area contributed by atoms with Gasteiger partial charge in [-0.2, -0.15) is 0 Å². The van der Waals surface area contributed by atoms with Crippen LogP contribution in [0.25, 0.3) is 0 Å². The Morgan fingerprint density at radius 1 is 1.06 bits per heavy atom. The number of methoxy groups -OCH3 is 1. The minimum atomic E-state index is -3.70. The number of hydrogen-bond donors (Lipinski definition) is 2. The number of nitrogens with one attached hydrogen (secondary N) is 2. The number of carbonyl (C=O) groups is 2. The largest absolute Gasteiger partial charge is 0.497 e. The van der Waals surface area contributed by atoms with Gasteiger partial charge in [-0.1, -0.05) is 0 Å². The van der Waals surface area contributed by atoms with Crippen molar-refractivity contribution in [1.82, 2.24) is 9.62 Å². The van der Waals surface area contributed by atoms with E-state index >= 15 is 0 Å². The van der Waals surface area contributed by atoms with Gasteiger partial charge in [-0.15, -0.1) is 0 Å². The molecule has 2 aliphatic heterocycles. The molecule has 34 heavy (non-hydrogen) atoms. The molecule has 0 aromatic heterocycles. The summed E-state index contributed by atoms with van der Waals surface area (Å²) in [5.41, 5.74) is 0.956. The van der Waals surface area contributed by atoms with E-state index in [-0.39, 0.29) is 29.4 Å². The lowest BCUT2D eigenvalue weighted by molar-refractivity contribution is -0.119. The van der Waals surface area contributed by atoms with Crippen molar-refractivity contribution in [3.63, 3.8) is 0 Å². The van der Waals surface area contributed by atoms with Crippen LogP contribution in [0.1, 0.15) is 36.0 Å². The Morgan fingerprint density at radius 3 is 2.44 bits per heavy atom. The quantitative estimate of drug-likeness (QED) is 0.591. The topological polar surface area (TPSA) is 114 Å². The maximum Gasteiger partial charge on any atom is 0.254 e. The molecule has 2 N–H and O–H groups in total. The number of anilines is 1. The first-order valence-electron chi connectivity index (χ1n) is 11.3.